The molecule has 8 heteroatoms. The minimum atomic E-state index is 0.424. The summed E-state index contributed by atoms with van der Waals surface area (Å²) in [4.78, 5) is 19.8. The molecule has 0 aromatic carbocycles. The minimum Gasteiger partial charge on any atom is -0.384 e. The molecular weight excluding hydrogens is 328 g/mol. The molecule has 0 bridgehead atoms. The van der Waals surface area contributed by atoms with Crippen molar-refractivity contribution in [1.29, 1.82) is 0 Å². The summed E-state index contributed by atoms with van der Waals surface area (Å²) in [5.41, 5.74) is 8.29. The lowest BCUT2D eigenvalue weighted by atomic mass is 9.94. The second-order valence-electron chi connectivity index (χ2n) is 6.91. The molecule has 0 amide bonds. The number of aryl methyl sites for hydroxylation is 1. The first kappa shape index (κ1) is 16.6. The monoisotopic (exact) mass is 352 g/mol. The molecular formula is C18H24N8. The summed E-state index contributed by atoms with van der Waals surface area (Å²) >= 11 is 0. The Labute approximate surface area is 152 Å². The Hall–Kier alpha value is -2.90. The number of hydrogen-bond donors (Lipinski definition) is 2. The highest BCUT2D eigenvalue weighted by Crippen LogP contribution is 2.31. The molecule has 3 heterocycles. The van der Waals surface area contributed by atoms with Gasteiger partial charge in [0.25, 0.3) is 0 Å². The molecule has 26 heavy (non-hydrogen) atoms. The number of nitrogen functional groups attached to an aromatic ring is 1. The molecule has 1 aliphatic rings. The molecule has 0 radical (unpaired) electrons. The van der Waals surface area contributed by atoms with Crippen LogP contribution in [0, 0.1) is 0 Å². The number of nitrogens with zero attached hydrogens (tertiary/aromatic N) is 6. The molecule has 1 aliphatic carbocycles. The van der Waals surface area contributed by atoms with Gasteiger partial charge in [0, 0.05) is 32.3 Å². The number of fused-ring (bicyclic) bond motifs is 1. The van der Waals surface area contributed by atoms with Gasteiger partial charge in [-0.05, 0) is 12.8 Å². The highest BCUT2D eigenvalue weighted by atomic mass is 15.2. The SMILES string of the molecule is CN(c1cc(Nc2cc(N)ncn2)c2ncn(C)c2n1)C1CCCCC1. The maximum Gasteiger partial charge on any atom is 0.164 e. The first-order valence-electron chi connectivity index (χ1n) is 9.01. The Bertz CT molecular complexity index is 913. The summed E-state index contributed by atoms with van der Waals surface area (Å²) in [5, 5.41) is 3.33. The molecule has 0 aliphatic heterocycles. The van der Waals surface area contributed by atoms with Crippen molar-refractivity contribution >= 4 is 34.3 Å². The average molecular weight is 352 g/mol. The maximum absolute atomic E-state index is 5.77. The van der Waals surface area contributed by atoms with Gasteiger partial charge in [0.05, 0.1) is 12.0 Å². The van der Waals surface area contributed by atoms with Crippen LogP contribution in [0.25, 0.3) is 11.2 Å². The molecule has 136 valence electrons. The topological polar surface area (TPSA) is 97.8 Å². The van der Waals surface area contributed by atoms with E-state index < -0.39 is 0 Å². The van der Waals surface area contributed by atoms with Gasteiger partial charge in [0.2, 0.25) is 0 Å². The van der Waals surface area contributed by atoms with Crippen LogP contribution in [0.1, 0.15) is 32.1 Å². The Kier molecular flexibility index (Phi) is 4.32. The van der Waals surface area contributed by atoms with E-state index in [-0.39, 0.29) is 0 Å². The summed E-state index contributed by atoms with van der Waals surface area (Å²) in [6, 6.07) is 4.28. The van der Waals surface area contributed by atoms with Gasteiger partial charge in [-0.3, -0.25) is 0 Å². The van der Waals surface area contributed by atoms with Crippen LogP contribution in [0.5, 0.6) is 0 Å². The summed E-state index contributed by atoms with van der Waals surface area (Å²) < 4.78 is 1.94. The molecule has 3 N–H and O–H groups in total. The van der Waals surface area contributed by atoms with E-state index in [1.165, 1.54) is 38.4 Å². The Balaban J connectivity index is 1.73. The van der Waals surface area contributed by atoms with Crippen LogP contribution >= 0.6 is 0 Å². The molecule has 4 rings (SSSR count). The third-order valence-electron chi connectivity index (χ3n) is 5.09. The lowest BCUT2D eigenvalue weighted by Gasteiger charge is -2.32. The van der Waals surface area contributed by atoms with Gasteiger partial charge in [-0.1, -0.05) is 19.3 Å². The number of pyridine rings is 1. The fourth-order valence-corrected chi connectivity index (χ4v) is 3.59. The summed E-state index contributed by atoms with van der Waals surface area (Å²) in [5.74, 6) is 2.01. The lowest BCUT2D eigenvalue weighted by Crippen LogP contribution is -2.34. The molecule has 0 saturated heterocycles. The van der Waals surface area contributed by atoms with E-state index in [4.69, 9.17) is 10.7 Å². The summed E-state index contributed by atoms with van der Waals surface area (Å²) in [6.07, 6.45) is 9.56. The molecule has 1 saturated carbocycles. The van der Waals surface area contributed by atoms with E-state index >= 15 is 0 Å². The van der Waals surface area contributed by atoms with E-state index in [0.717, 1.165) is 22.7 Å². The highest BCUT2D eigenvalue weighted by Gasteiger charge is 2.21. The van der Waals surface area contributed by atoms with Gasteiger partial charge in [-0.2, -0.15) is 0 Å². The molecule has 0 unspecified atom stereocenters. The zero-order chi connectivity index (χ0) is 18.1. The predicted octanol–water partition coefficient (Wildman–Crippen LogP) is 2.85. The second-order valence-corrected chi connectivity index (χ2v) is 6.91. The second kappa shape index (κ2) is 6.78. The van der Waals surface area contributed by atoms with E-state index in [9.17, 15) is 0 Å². The summed E-state index contributed by atoms with van der Waals surface area (Å²) in [6.45, 7) is 0. The Morgan fingerprint density at radius 2 is 1.96 bits per heavy atom. The third-order valence-corrected chi connectivity index (χ3v) is 5.09. The fourth-order valence-electron chi connectivity index (χ4n) is 3.59. The lowest BCUT2D eigenvalue weighted by molar-refractivity contribution is 0.426. The largest absolute Gasteiger partial charge is 0.384 e. The van der Waals surface area contributed by atoms with Crippen molar-refractivity contribution in [2.75, 3.05) is 23.0 Å². The minimum absolute atomic E-state index is 0.424. The average Bonchev–Trinajstić information content (AvgIpc) is 3.03. The number of anilines is 4. The van der Waals surface area contributed by atoms with Crippen molar-refractivity contribution in [3.63, 3.8) is 0 Å². The van der Waals surface area contributed by atoms with E-state index in [0.29, 0.717) is 17.7 Å². The number of nitrogens with one attached hydrogen (secondary N) is 1. The number of hydrogen-bond acceptors (Lipinski definition) is 7. The molecule has 3 aromatic heterocycles. The van der Waals surface area contributed by atoms with E-state index in [1.807, 2.05) is 17.7 Å². The number of nitrogens with two attached hydrogens (primary N) is 1. The Morgan fingerprint density at radius 1 is 1.15 bits per heavy atom. The fraction of sp³-hybridized carbons (Fsp3) is 0.444. The first-order valence-corrected chi connectivity index (χ1v) is 9.01. The van der Waals surface area contributed by atoms with Crippen molar-refractivity contribution in [3.8, 4) is 0 Å². The zero-order valence-electron chi connectivity index (χ0n) is 15.2. The van der Waals surface area contributed by atoms with Gasteiger partial charge < -0.3 is 20.5 Å². The van der Waals surface area contributed by atoms with Gasteiger partial charge in [0.15, 0.2) is 5.65 Å². The first-order chi connectivity index (χ1) is 12.6. The van der Waals surface area contributed by atoms with Gasteiger partial charge >= 0.3 is 0 Å². The van der Waals surface area contributed by atoms with E-state index in [2.05, 4.69) is 32.2 Å². The number of rotatable bonds is 4. The van der Waals surface area contributed by atoms with Crippen molar-refractivity contribution in [3.05, 3.63) is 24.8 Å². The molecule has 3 aromatic rings. The van der Waals surface area contributed by atoms with Gasteiger partial charge in [-0.15, -0.1) is 0 Å². The van der Waals surface area contributed by atoms with Crippen LogP contribution in [0.15, 0.2) is 24.8 Å². The van der Waals surface area contributed by atoms with Gasteiger partial charge in [-0.25, -0.2) is 19.9 Å². The maximum atomic E-state index is 5.77. The third kappa shape index (κ3) is 3.14. The standard InChI is InChI=1S/C18H24N8/c1-25-11-22-17-13(23-15-9-14(19)20-10-21-15)8-16(24-18(17)25)26(2)12-6-4-3-5-7-12/h8-12H,3-7H2,1-2H3,(H3,19,20,21,23,24). The van der Waals surface area contributed by atoms with Crippen LogP contribution in [-0.2, 0) is 7.05 Å². The van der Waals surface area contributed by atoms with Crippen LogP contribution in [0.4, 0.5) is 23.1 Å². The number of aromatic nitrogens is 5. The Morgan fingerprint density at radius 3 is 2.73 bits per heavy atom. The van der Waals surface area contributed by atoms with Crippen LogP contribution in [-0.4, -0.2) is 37.6 Å². The normalized spacial score (nSPS) is 15.3. The van der Waals surface area contributed by atoms with E-state index in [1.54, 1.807) is 12.4 Å². The van der Waals surface area contributed by atoms with Crippen LogP contribution < -0.4 is 16.0 Å². The number of imidazole rings is 1. The van der Waals surface area contributed by atoms with Crippen molar-refractivity contribution in [1.82, 2.24) is 24.5 Å². The predicted molar refractivity (Wildman–Crippen MR) is 104 cm³/mol. The van der Waals surface area contributed by atoms with Crippen molar-refractivity contribution < 1.29 is 0 Å². The van der Waals surface area contributed by atoms with Crippen molar-refractivity contribution in [2.24, 2.45) is 7.05 Å². The smallest absolute Gasteiger partial charge is 0.164 e. The van der Waals surface area contributed by atoms with Crippen LogP contribution in [0.3, 0.4) is 0 Å². The zero-order valence-corrected chi connectivity index (χ0v) is 15.2. The molecule has 0 spiro atoms. The molecule has 8 nitrogen and oxygen atoms in total. The highest BCUT2D eigenvalue weighted by molar-refractivity contribution is 5.90. The van der Waals surface area contributed by atoms with Crippen LogP contribution in [0.2, 0.25) is 0 Å². The molecule has 0 atom stereocenters. The molecule has 1 fully saturated rings. The van der Waals surface area contributed by atoms with Gasteiger partial charge in [0.1, 0.15) is 29.3 Å². The summed E-state index contributed by atoms with van der Waals surface area (Å²) in [7, 11) is 4.09. The van der Waals surface area contributed by atoms with Crippen molar-refractivity contribution in [2.45, 2.75) is 38.1 Å². The quantitative estimate of drug-likeness (QED) is 0.745.